The third-order valence-corrected chi connectivity index (χ3v) is 5.67. The first-order chi connectivity index (χ1) is 13.6. The Kier molecular flexibility index (Phi) is 6.45. The van der Waals surface area contributed by atoms with Gasteiger partial charge in [-0.1, -0.05) is 11.6 Å². The van der Waals surface area contributed by atoms with Crippen LogP contribution in [0, 0.1) is 5.82 Å². The Labute approximate surface area is 173 Å². The lowest BCUT2D eigenvalue weighted by atomic mass is 9.96. The molecule has 1 fully saturated rings. The molecule has 1 aromatic heterocycles. The molecule has 11 heteroatoms. The van der Waals surface area contributed by atoms with E-state index in [0.717, 1.165) is 6.26 Å². The van der Waals surface area contributed by atoms with Crippen molar-refractivity contribution in [3.05, 3.63) is 41.1 Å². The number of hydrogen-bond acceptors (Lipinski definition) is 5. The van der Waals surface area contributed by atoms with Gasteiger partial charge < -0.3 is 14.6 Å². The number of benzene rings is 1. The van der Waals surface area contributed by atoms with Crippen LogP contribution in [-0.4, -0.2) is 60.0 Å². The zero-order valence-corrected chi connectivity index (χ0v) is 17.3. The molecule has 0 saturated carbocycles. The van der Waals surface area contributed by atoms with Crippen molar-refractivity contribution >= 4 is 27.8 Å². The van der Waals surface area contributed by atoms with Crippen molar-refractivity contribution in [2.75, 3.05) is 26.0 Å². The minimum absolute atomic E-state index is 0.00787. The second-order valence-corrected chi connectivity index (χ2v) is 8.93. The molecule has 1 aliphatic rings. The number of amides is 1. The van der Waals surface area contributed by atoms with Crippen molar-refractivity contribution < 1.29 is 26.9 Å². The molecule has 1 N–H and O–H groups in total. The number of halogens is 2. The van der Waals surface area contributed by atoms with Crippen LogP contribution >= 0.6 is 11.6 Å². The van der Waals surface area contributed by atoms with Crippen LogP contribution in [0.4, 0.5) is 9.18 Å². The smallest absolute Gasteiger partial charge is 0.407 e. The van der Waals surface area contributed by atoms with Gasteiger partial charge in [-0.05, 0) is 31.0 Å². The van der Waals surface area contributed by atoms with Crippen molar-refractivity contribution in [3.63, 3.8) is 0 Å². The molecule has 0 spiro atoms. The third-order valence-electron chi connectivity index (χ3n) is 4.78. The summed E-state index contributed by atoms with van der Waals surface area (Å²) in [5.41, 5.74) is 1.20. The quantitative estimate of drug-likeness (QED) is 0.685. The topological polar surface area (TPSA) is 102 Å². The molecule has 158 valence electrons. The zero-order chi connectivity index (χ0) is 21.2. The second-order valence-electron chi connectivity index (χ2n) is 6.88. The van der Waals surface area contributed by atoms with Gasteiger partial charge in [0, 0.05) is 37.3 Å². The Morgan fingerprint density at radius 2 is 2.07 bits per heavy atom. The summed E-state index contributed by atoms with van der Waals surface area (Å²) in [5, 5.41) is 9.11. The number of aromatic nitrogens is 2. The van der Waals surface area contributed by atoms with Gasteiger partial charge in [-0.3, -0.25) is 4.18 Å². The highest BCUT2D eigenvalue weighted by Crippen LogP contribution is 2.31. The number of nitrogens with zero attached hydrogens (tertiary/aromatic N) is 3. The Balaban J connectivity index is 1.86. The van der Waals surface area contributed by atoms with E-state index < -0.39 is 22.0 Å². The van der Waals surface area contributed by atoms with Crippen LogP contribution in [0.25, 0.3) is 11.3 Å². The Bertz CT molecular complexity index is 1000. The summed E-state index contributed by atoms with van der Waals surface area (Å²) in [6, 6.07) is 4.31. The molecule has 8 nitrogen and oxygen atoms in total. The van der Waals surface area contributed by atoms with Crippen LogP contribution in [0.5, 0.6) is 0 Å². The minimum atomic E-state index is -3.57. The van der Waals surface area contributed by atoms with Gasteiger partial charge in [0.15, 0.2) is 0 Å². The van der Waals surface area contributed by atoms with Gasteiger partial charge in [0.1, 0.15) is 11.6 Å². The molecule has 1 aromatic carbocycles. The van der Waals surface area contributed by atoms with Gasteiger partial charge in [-0.25, -0.2) is 14.2 Å². The number of carbonyl (C=O) groups is 1. The van der Waals surface area contributed by atoms with Gasteiger partial charge in [0.05, 0.1) is 23.6 Å². The first-order valence-corrected chi connectivity index (χ1v) is 11.2. The Hall–Kier alpha value is -2.17. The molecule has 2 aromatic rings. The fourth-order valence-electron chi connectivity index (χ4n) is 3.35. The van der Waals surface area contributed by atoms with Crippen LogP contribution in [0.15, 0.2) is 24.4 Å². The molecule has 1 amide bonds. The van der Waals surface area contributed by atoms with E-state index in [1.54, 1.807) is 16.8 Å². The number of piperidine rings is 1. The summed E-state index contributed by atoms with van der Waals surface area (Å²) in [6.45, 7) is 0.984. The first kappa shape index (κ1) is 21.5. The van der Waals surface area contributed by atoms with Crippen molar-refractivity contribution in [1.82, 2.24) is 14.5 Å². The largest absolute Gasteiger partial charge is 0.465 e. The van der Waals surface area contributed by atoms with Crippen molar-refractivity contribution in [2.24, 2.45) is 0 Å². The van der Waals surface area contributed by atoms with Crippen LogP contribution < -0.4 is 0 Å². The second kappa shape index (κ2) is 8.68. The normalized spacial score (nSPS) is 15.6. The first-order valence-electron chi connectivity index (χ1n) is 8.99. The van der Waals surface area contributed by atoms with Gasteiger partial charge >= 0.3 is 6.09 Å². The van der Waals surface area contributed by atoms with Crippen molar-refractivity contribution in [3.8, 4) is 11.3 Å². The lowest BCUT2D eigenvalue weighted by Crippen LogP contribution is -2.37. The SMILES string of the molecule is CS(=O)(=O)OCCn1cc(-c2ccc(F)c(Cl)c2)nc1C1CCN(C(=O)O)CC1. The van der Waals surface area contributed by atoms with Crippen LogP contribution in [0.2, 0.25) is 5.02 Å². The van der Waals surface area contributed by atoms with E-state index in [-0.39, 0.29) is 24.1 Å². The molecule has 0 unspecified atom stereocenters. The van der Waals surface area contributed by atoms with Crippen molar-refractivity contribution in [1.29, 1.82) is 0 Å². The lowest BCUT2D eigenvalue weighted by molar-refractivity contribution is 0.131. The van der Waals surface area contributed by atoms with Gasteiger partial charge in [0.25, 0.3) is 10.1 Å². The predicted octanol–water partition coefficient (Wildman–Crippen LogP) is 3.18. The maximum absolute atomic E-state index is 13.5. The number of imidazole rings is 1. The van der Waals surface area contributed by atoms with Gasteiger partial charge in [0.2, 0.25) is 0 Å². The predicted molar refractivity (Wildman–Crippen MR) is 105 cm³/mol. The molecular formula is C18H21ClFN3O5S. The number of hydrogen-bond donors (Lipinski definition) is 1. The summed E-state index contributed by atoms with van der Waals surface area (Å²) < 4.78 is 42.6. The molecule has 0 radical (unpaired) electrons. The van der Waals surface area contributed by atoms with E-state index in [0.29, 0.717) is 43.0 Å². The van der Waals surface area contributed by atoms with E-state index in [2.05, 4.69) is 4.98 Å². The molecule has 3 rings (SSSR count). The molecule has 0 aliphatic carbocycles. The average Bonchev–Trinajstić information content (AvgIpc) is 3.07. The van der Waals surface area contributed by atoms with E-state index in [9.17, 15) is 17.6 Å². The Morgan fingerprint density at radius 3 is 2.66 bits per heavy atom. The maximum Gasteiger partial charge on any atom is 0.407 e. The van der Waals surface area contributed by atoms with Crippen LogP contribution in [0.3, 0.4) is 0 Å². The van der Waals surface area contributed by atoms with E-state index in [4.69, 9.17) is 20.9 Å². The number of likely N-dealkylation sites (tertiary alicyclic amines) is 1. The highest BCUT2D eigenvalue weighted by atomic mass is 35.5. The fraction of sp³-hybridized carbons (Fsp3) is 0.444. The standard InChI is InChI=1S/C18H21ClFN3O5S/c1-29(26,27)28-9-8-23-11-16(13-2-3-15(20)14(19)10-13)21-17(23)12-4-6-22(7-5-12)18(24)25/h2-3,10-12H,4-9H2,1H3,(H,24,25). The summed E-state index contributed by atoms with van der Waals surface area (Å²) in [5.74, 6) is 0.189. The number of carboxylic acid groups (broad SMARTS) is 1. The minimum Gasteiger partial charge on any atom is -0.465 e. The van der Waals surface area contributed by atoms with Crippen LogP contribution in [-0.2, 0) is 20.8 Å². The third kappa shape index (κ3) is 5.46. The molecule has 1 aliphatic heterocycles. The molecule has 0 atom stereocenters. The fourth-order valence-corrected chi connectivity index (χ4v) is 3.90. The molecule has 2 heterocycles. The monoisotopic (exact) mass is 445 g/mol. The lowest BCUT2D eigenvalue weighted by Gasteiger charge is -2.29. The Morgan fingerprint density at radius 1 is 1.38 bits per heavy atom. The summed E-state index contributed by atoms with van der Waals surface area (Å²) >= 11 is 5.88. The van der Waals surface area contributed by atoms with E-state index >= 15 is 0 Å². The van der Waals surface area contributed by atoms with Gasteiger partial charge in [-0.2, -0.15) is 8.42 Å². The highest BCUT2D eigenvalue weighted by Gasteiger charge is 2.27. The summed E-state index contributed by atoms with van der Waals surface area (Å²) in [4.78, 5) is 17.2. The van der Waals surface area contributed by atoms with Crippen LogP contribution in [0.1, 0.15) is 24.6 Å². The molecular weight excluding hydrogens is 425 g/mol. The zero-order valence-electron chi connectivity index (χ0n) is 15.7. The molecule has 1 saturated heterocycles. The summed E-state index contributed by atoms with van der Waals surface area (Å²) in [6.07, 6.45) is 2.97. The average molecular weight is 446 g/mol. The number of rotatable bonds is 6. The van der Waals surface area contributed by atoms with Crippen molar-refractivity contribution in [2.45, 2.75) is 25.3 Å². The highest BCUT2D eigenvalue weighted by molar-refractivity contribution is 7.85. The van der Waals surface area contributed by atoms with Gasteiger partial charge in [-0.15, -0.1) is 0 Å². The van der Waals surface area contributed by atoms with E-state index in [1.807, 2.05) is 0 Å². The summed E-state index contributed by atoms with van der Waals surface area (Å²) in [7, 11) is -3.57. The molecule has 29 heavy (non-hydrogen) atoms. The maximum atomic E-state index is 13.5. The molecule has 0 bridgehead atoms. The van der Waals surface area contributed by atoms with E-state index in [1.165, 1.54) is 17.0 Å².